The molecule has 5 rings (SSSR count). The van der Waals surface area contributed by atoms with Crippen molar-refractivity contribution >= 4 is 34.5 Å². The van der Waals surface area contributed by atoms with Crippen LogP contribution in [0.1, 0.15) is 20.7 Å². The summed E-state index contributed by atoms with van der Waals surface area (Å²) < 4.78 is 12.1. The molecule has 1 amide bonds. The second kappa shape index (κ2) is 10.9. The molecule has 0 unspecified atom stereocenters. The van der Waals surface area contributed by atoms with E-state index in [0.717, 1.165) is 26.9 Å². The third-order valence-corrected chi connectivity index (χ3v) is 6.77. The number of carbonyl (C=O) groups excluding carboxylic acids is 2. The highest BCUT2D eigenvalue weighted by atomic mass is 32.2. The maximum atomic E-state index is 13.1. The van der Waals surface area contributed by atoms with E-state index in [1.54, 1.807) is 42.4 Å². The van der Waals surface area contributed by atoms with Crippen molar-refractivity contribution in [2.75, 3.05) is 39.7 Å². The largest absolute Gasteiger partial charge is 0.465 e. The Bertz CT molecular complexity index is 1400. The molecule has 1 aliphatic rings. The fraction of sp³-hybridized carbons (Fsp3) is 0.231. The summed E-state index contributed by atoms with van der Waals surface area (Å²) in [6.45, 7) is 2.30. The lowest BCUT2D eigenvalue weighted by Crippen LogP contribution is -2.40. The van der Waals surface area contributed by atoms with Crippen molar-refractivity contribution in [3.05, 3.63) is 72.2 Å². The number of thioether (sulfide) groups is 1. The molecule has 3 heterocycles. The number of aromatic nitrogens is 3. The fourth-order valence-corrected chi connectivity index (χ4v) is 4.75. The number of ether oxygens (including phenoxy) is 2. The zero-order valence-electron chi connectivity index (χ0n) is 19.9. The maximum absolute atomic E-state index is 13.1. The topological polar surface area (TPSA) is 118 Å². The van der Waals surface area contributed by atoms with Crippen LogP contribution in [0, 0.1) is 0 Å². The van der Waals surface area contributed by atoms with E-state index < -0.39 is 5.97 Å². The van der Waals surface area contributed by atoms with Gasteiger partial charge in [-0.1, -0.05) is 18.2 Å². The van der Waals surface area contributed by atoms with E-state index in [1.165, 1.54) is 7.11 Å². The van der Waals surface area contributed by atoms with Gasteiger partial charge in [0.15, 0.2) is 0 Å². The highest BCUT2D eigenvalue weighted by Crippen LogP contribution is 2.31. The molecule has 0 saturated carbocycles. The van der Waals surface area contributed by atoms with Gasteiger partial charge in [-0.05, 0) is 36.1 Å². The van der Waals surface area contributed by atoms with Crippen LogP contribution in [-0.4, -0.2) is 76.5 Å². The molecule has 0 spiro atoms. The summed E-state index contributed by atoms with van der Waals surface area (Å²) in [7, 11) is 1.36. The third-order valence-electron chi connectivity index (χ3n) is 6.00. The van der Waals surface area contributed by atoms with Gasteiger partial charge in [0.25, 0.3) is 5.91 Å². The molecule has 186 valence electrons. The number of amides is 1. The predicted molar refractivity (Wildman–Crippen MR) is 138 cm³/mol. The average Bonchev–Trinajstić information content (AvgIpc) is 3.31. The molecule has 1 fully saturated rings. The van der Waals surface area contributed by atoms with Gasteiger partial charge in [-0.25, -0.2) is 14.8 Å². The van der Waals surface area contributed by atoms with Gasteiger partial charge >= 0.3 is 5.97 Å². The van der Waals surface area contributed by atoms with Crippen molar-refractivity contribution in [3.63, 3.8) is 0 Å². The molecule has 0 bridgehead atoms. The zero-order chi connectivity index (χ0) is 24.4. The molecule has 0 aliphatic carbocycles. The minimum atomic E-state index is -0.393. The van der Waals surface area contributed by atoms with Gasteiger partial charge in [0.1, 0.15) is 0 Å². The van der Waals surface area contributed by atoms with E-state index in [4.69, 9.17) is 9.47 Å². The van der Waals surface area contributed by atoms with Crippen molar-refractivity contribution in [1.29, 1.82) is 0 Å². The van der Waals surface area contributed by atoms with Crippen LogP contribution in [0.5, 0.6) is 0 Å². The van der Waals surface area contributed by atoms with Crippen molar-refractivity contribution in [1.82, 2.24) is 19.4 Å². The SMILES string of the molecule is COC(=O)c1cccc(-c2cnc(-n3cc(SC)c4ccc(C(=O)N5CCOCC5)cc43)nc2)c1.O. The first-order valence-electron chi connectivity index (χ1n) is 11.2. The maximum Gasteiger partial charge on any atom is 0.337 e. The van der Waals surface area contributed by atoms with E-state index in [2.05, 4.69) is 9.97 Å². The molecule has 10 heteroatoms. The minimum absolute atomic E-state index is 0. The van der Waals surface area contributed by atoms with Gasteiger partial charge in [-0.2, -0.15) is 0 Å². The Kier molecular flexibility index (Phi) is 7.68. The minimum Gasteiger partial charge on any atom is -0.465 e. The quantitative estimate of drug-likeness (QED) is 0.301. The number of rotatable bonds is 5. The van der Waals surface area contributed by atoms with Gasteiger partial charge in [0, 0.05) is 53.1 Å². The Labute approximate surface area is 212 Å². The lowest BCUT2D eigenvalue weighted by molar-refractivity contribution is 0.0303. The van der Waals surface area contributed by atoms with Crippen LogP contribution in [0.3, 0.4) is 0 Å². The number of benzene rings is 2. The molecule has 4 aromatic rings. The van der Waals surface area contributed by atoms with Crippen LogP contribution < -0.4 is 0 Å². The summed E-state index contributed by atoms with van der Waals surface area (Å²) in [4.78, 5) is 37.0. The first-order valence-corrected chi connectivity index (χ1v) is 12.4. The standard InChI is InChI=1S/C26H24N4O4S.H2O/c1-33-25(32)19-5-3-4-17(12-19)20-14-27-26(28-15-20)30-16-23(35-2)21-7-6-18(13-22(21)30)24(31)29-8-10-34-11-9-29;/h3-7,12-16H,8-11H2,1-2H3;1H2. The predicted octanol–water partition coefficient (Wildman–Crippen LogP) is 3.24. The molecular formula is C26H26N4O5S. The second-order valence-electron chi connectivity index (χ2n) is 8.05. The number of nitrogens with zero attached hydrogens (tertiary/aromatic N) is 4. The molecule has 36 heavy (non-hydrogen) atoms. The number of hydrogen-bond acceptors (Lipinski definition) is 7. The summed E-state index contributed by atoms with van der Waals surface area (Å²) in [5.74, 6) is 0.102. The molecular weight excluding hydrogens is 480 g/mol. The van der Waals surface area contributed by atoms with E-state index >= 15 is 0 Å². The molecule has 0 atom stereocenters. The molecule has 2 aromatic heterocycles. The molecule has 1 saturated heterocycles. The lowest BCUT2D eigenvalue weighted by atomic mass is 10.1. The van der Waals surface area contributed by atoms with E-state index in [1.807, 2.05) is 46.2 Å². The Hall–Kier alpha value is -3.73. The van der Waals surface area contributed by atoms with Gasteiger partial charge in [-0.15, -0.1) is 11.8 Å². The molecule has 1 aliphatic heterocycles. The van der Waals surface area contributed by atoms with E-state index in [0.29, 0.717) is 43.4 Å². The van der Waals surface area contributed by atoms with Crippen molar-refractivity contribution < 1.29 is 24.5 Å². The Balaban J connectivity index is 0.00000304. The normalized spacial score (nSPS) is 13.3. The fourth-order valence-electron chi connectivity index (χ4n) is 4.14. The average molecular weight is 507 g/mol. The lowest BCUT2D eigenvalue weighted by Gasteiger charge is -2.26. The number of hydrogen-bond donors (Lipinski definition) is 0. The van der Waals surface area contributed by atoms with Crippen LogP contribution in [0.4, 0.5) is 0 Å². The highest BCUT2D eigenvalue weighted by Gasteiger charge is 2.20. The first-order chi connectivity index (χ1) is 17.1. The summed E-state index contributed by atoms with van der Waals surface area (Å²) in [6.07, 6.45) is 7.47. The Morgan fingerprint density at radius 1 is 1.00 bits per heavy atom. The zero-order valence-corrected chi connectivity index (χ0v) is 20.7. The van der Waals surface area contributed by atoms with Crippen LogP contribution >= 0.6 is 11.8 Å². The van der Waals surface area contributed by atoms with E-state index in [-0.39, 0.29) is 11.4 Å². The smallest absolute Gasteiger partial charge is 0.337 e. The van der Waals surface area contributed by atoms with Gasteiger partial charge in [-0.3, -0.25) is 9.36 Å². The number of morpholine rings is 1. The number of carbonyl (C=O) groups is 2. The summed E-state index contributed by atoms with van der Waals surface area (Å²) >= 11 is 1.63. The summed E-state index contributed by atoms with van der Waals surface area (Å²) in [5, 5.41) is 1.04. The number of esters is 1. The van der Waals surface area contributed by atoms with Crippen LogP contribution in [0.15, 0.2) is 66.0 Å². The van der Waals surface area contributed by atoms with Crippen molar-refractivity contribution in [2.45, 2.75) is 4.90 Å². The summed E-state index contributed by atoms with van der Waals surface area (Å²) in [5.41, 5.74) is 3.56. The second-order valence-corrected chi connectivity index (χ2v) is 8.90. The number of fused-ring (bicyclic) bond motifs is 1. The highest BCUT2D eigenvalue weighted by molar-refractivity contribution is 7.98. The van der Waals surface area contributed by atoms with Crippen LogP contribution in [0.2, 0.25) is 0 Å². The van der Waals surface area contributed by atoms with Gasteiger partial charge in [0.2, 0.25) is 5.95 Å². The molecule has 9 nitrogen and oxygen atoms in total. The Morgan fingerprint density at radius 3 is 2.44 bits per heavy atom. The van der Waals surface area contributed by atoms with Crippen LogP contribution in [-0.2, 0) is 9.47 Å². The monoisotopic (exact) mass is 506 g/mol. The van der Waals surface area contributed by atoms with E-state index in [9.17, 15) is 9.59 Å². The third kappa shape index (κ3) is 4.83. The van der Waals surface area contributed by atoms with Crippen LogP contribution in [0.25, 0.3) is 28.0 Å². The van der Waals surface area contributed by atoms with Crippen molar-refractivity contribution in [3.8, 4) is 17.1 Å². The van der Waals surface area contributed by atoms with Gasteiger partial charge in [0.05, 0.1) is 31.4 Å². The summed E-state index contributed by atoms with van der Waals surface area (Å²) in [6, 6.07) is 12.9. The molecule has 2 N–H and O–H groups in total. The molecule has 2 aromatic carbocycles. The van der Waals surface area contributed by atoms with Crippen molar-refractivity contribution in [2.24, 2.45) is 0 Å². The first kappa shape index (κ1) is 25.4. The molecule has 0 radical (unpaired) electrons. The van der Waals surface area contributed by atoms with Gasteiger partial charge < -0.3 is 19.8 Å². The Morgan fingerprint density at radius 2 is 1.75 bits per heavy atom. The number of methoxy groups -OCH3 is 1.